The van der Waals surface area contributed by atoms with E-state index in [9.17, 15) is 9.59 Å². The van der Waals surface area contributed by atoms with Crippen molar-refractivity contribution in [1.29, 1.82) is 0 Å². The van der Waals surface area contributed by atoms with Crippen LogP contribution >= 0.6 is 21.6 Å². The molecule has 0 heterocycles. The van der Waals surface area contributed by atoms with Crippen molar-refractivity contribution in [3.63, 3.8) is 0 Å². The van der Waals surface area contributed by atoms with Crippen LogP contribution in [0.15, 0.2) is 0 Å². The molecule has 0 aromatic carbocycles. The summed E-state index contributed by atoms with van der Waals surface area (Å²) >= 11 is 0. The van der Waals surface area contributed by atoms with Crippen LogP contribution < -0.4 is 11.1 Å². The Kier molecular flexibility index (Phi) is 45.4. The average Bonchev–Trinajstić information content (AvgIpc) is 3.15. The standard InChI is InChI=1S/C26H54N2OS2.C22H46N2O/c1-5-7-8-9-10-11-12-13-14-15-16-17-18-19-23-28(3,4)24-20-21-26(29)27-22-25-31-30-6-2;1-4-5-6-7-8-9-10-11-12-13-14-15-16-17-20-24(2,3)21-18-19-22(23)25/h5-25H2,1-4H3;4-21H2,1-3H3,(H-,23,25)/p+2. The van der Waals surface area contributed by atoms with Gasteiger partial charge in [0.15, 0.2) is 0 Å². The summed E-state index contributed by atoms with van der Waals surface area (Å²) in [5.41, 5.74) is 5.21. The summed E-state index contributed by atoms with van der Waals surface area (Å²) in [7, 11) is 12.9. The molecule has 6 nitrogen and oxygen atoms in total. The number of nitrogens with one attached hydrogen (secondary N) is 1. The van der Waals surface area contributed by atoms with Crippen LogP contribution in [0.1, 0.15) is 226 Å². The van der Waals surface area contributed by atoms with E-state index >= 15 is 0 Å². The van der Waals surface area contributed by atoms with Gasteiger partial charge in [0.2, 0.25) is 11.8 Å². The molecular weight excluding hydrogens is 729 g/mol. The maximum atomic E-state index is 11.9. The highest BCUT2D eigenvalue weighted by atomic mass is 33.1. The Balaban J connectivity index is 0. The minimum atomic E-state index is -0.170. The fourth-order valence-corrected chi connectivity index (χ4v) is 9.08. The summed E-state index contributed by atoms with van der Waals surface area (Å²) in [6.07, 6.45) is 42.7. The Morgan fingerprint density at radius 3 is 1.05 bits per heavy atom. The largest absolute Gasteiger partial charge is 0.370 e. The van der Waals surface area contributed by atoms with Gasteiger partial charge in [-0.15, -0.1) is 0 Å². The fraction of sp³-hybridized carbons (Fsp3) is 0.958. The van der Waals surface area contributed by atoms with Gasteiger partial charge in [-0.2, -0.15) is 0 Å². The maximum Gasteiger partial charge on any atom is 0.220 e. The highest BCUT2D eigenvalue weighted by Crippen LogP contribution is 2.19. The van der Waals surface area contributed by atoms with Crippen LogP contribution in [0.5, 0.6) is 0 Å². The minimum Gasteiger partial charge on any atom is -0.370 e. The predicted octanol–water partition coefficient (Wildman–Crippen LogP) is 13.7. The molecule has 0 aromatic rings. The van der Waals surface area contributed by atoms with E-state index in [0.29, 0.717) is 12.8 Å². The number of unbranched alkanes of at least 4 members (excludes halogenated alkanes) is 26. The Morgan fingerprint density at radius 2 is 0.732 bits per heavy atom. The molecule has 0 aliphatic heterocycles. The van der Waals surface area contributed by atoms with Gasteiger partial charge in [0.1, 0.15) is 0 Å². The van der Waals surface area contributed by atoms with Gasteiger partial charge >= 0.3 is 0 Å². The van der Waals surface area contributed by atoms with Crippen molar-refractivity contribution in [3.05, 3.63) is 0 Å². The Morgan fingerprint density at radius 1 is 0.429 bits per heavy atom. The summed E-state index contributed by atoms with van der Waals surface area (Å²) < 4.78 is 2.07. The average molecular weight is 832 g/mol. The molecule has 0 saturated carbocycles. The fourth-order valence-electron chi connectivity index (χ4n) is 7.50. The second-order valence-corrected chi connectivity index (χ2v) is 21.1. The third-order valence-corrected chi connectivity index (χ3v) is 13.8. The highest BCUT2D eigenvalue weighted by molar-refractivity contribution is 8.76. The van der Waals surface area contributed by atoms with Crippen LogP contribution in [0.2, 0.25) is 0 Å². The molecule has 0 aliphatic carbocycles. The van der Waals surface area contributed by atoms with E-state index in [2.05, 4.69) is 54.3 Å². The summed E-state index contributed by atoms with van der Waals surface area (Å²) in [4.78, 5) is 22.7. The highest BCUT2D eigenvalue weighted by Gasteiger charge is 2.16. The Hall–Kier alpha value is -0.440. The van der Waals surface area contributed by atoms with E-state index in [0.717, 1.165) is 52.9 Å². The zero-order valence-electron chi connectivity index (χ0n) is 39.2. The van der Waals surface area contributed by atoms with Crippen LogP contribution in [0, 0.1) is 0 Å². The van der Waals surface area contributed by atoms with Gasteiger partial charge in [-0.3, -0.25) is 9.59 Å². The van der Waals surface area contributed by atoms with E-state index in [1.165, 1.54) is 193 Å². The van der Waals surface area contributed by atoms with Gasteiger partial charge in [-0.25, -0.2) is 0 Å². The molecule has 0 fully saturated rings. The van der Waals surface area contributed by atoms with Gasteiger partial charge in [-0.05, 0) is 25.7 Å². The third-order valence-electron chi connectivity index (χ3n) is 11.3. The smallest absolute Gasteiger partial charge is 0.220 e. The number of quaternary nitrogens is 2. The molecule has 3 N–H and O–H groups in total. The number of carbonyl (C=O) groups is 2. The zero-order valence-corrected chi connectivity index (χ0v) is 40.8. The van der Waals surface area contributed by atoms with Crippen molar-refractivity contribution < 1.29 is 18.6 Å². The van der Waals surface area contributed by atoms with Gasteiger partial charge in [0.25, 0.3) is 0 Å². The van der Waals surface area contributed by atoms with Crippen molar-refractivity contribution in [2.24, 2.45) is 5.73 Å². The molecule has 8 heteroatoms. The van der Waals surface area contributed by atoms with Crippen molar-refractivity contribution in [3.8, 4) is 0 Å². The monoisotopic (exact) mass is 831 g/mol. The van der Waals surface area contributed by atoms with Gasteiger partial charge in [0.05, 0.1) is 54.4 Å². The van der Waals surface area contributed by atoms with Crippen LogP contribution in [0.25, 0.3) is 0 Å². The van der Waals surface area contributed by atoms with E-state index in [4.69, 9.17) is 5.73 Å². The summed E-state index contributed by atoms with van der Waals surface area (Å²) in [6.45, 7) is 12.2. The Bertz CT molecular complexity index is 827. The number of hydrogen-bond donors (Lipinski definition) is 2. The first-order valence-electron chi connectivity index (χ1n) is 24.4. The predicted molar refractivity (Wildman–Crippen MR) is 256 cm³/mol. The molecule has 2 amide bonds. The lowest BCUT2D eigenvalue weighted by atomic mass is 10.0. The van der Waals surface area contributed by atoms with Crippen molar-refractivity contribution in [1.82, 2.24) is 5.32 Å². The molecule has 336 valence electrons. The number of nitrogens with zero attached hydrogens (tertiary/aromatic N) is 2. The number of rotatable bonds is 43. The molecule has 0 bridgehead atoms. The topological polar surface area (TPSA) is 72.2 Å². The lowest BCUT2D eigenvalue weighted by Gasteiger charge is -2.29. The van der Waals surface area contributed by atoms with Crippen molar-refractivity contribution in [2.45, 2.75) is 226 Å². The first kappa shape index (κ1) is 57.7. The number of nitrogens with two attached hydrogens (primary N) is 1. The molecule has 0 atom stereocenters. The van der Waals surface area contributed by atoms with Crippen molar-refractivity contribution >= 4 is 33.4 Å². The third kappa shape index (κ3) is 49.7. The first-order valence-corrected chi connectivity index (χ1v) is 26.9. The van der Waals surface area contributed by atoms with E-state index < -0.39 is 0 Å². The van der Waals surface area contributed by atoms with E-state index in [-0.39, 0.29) is 11.8 Å². The summed E-state index contributed by atoms with van der Waals surface area (Å²) in [6, 6.07) is 0. The zero-order chi connectivity index (χ0) is 41.9. The van der Waals surface area contributed by atoms with Crippen molar-refractivity contribution in [2.75, 3.05) is 72.4 Å². The number of primary amides is 1. The quantitative estimate of drug-likeness (QED) is 0.0365. The lowest BCUT2D eigenvalue weighted by Crippen LogP contribution is -2.41. The molecule has 0 radical (unpaired) electrons. The SMILES string of the molecule is CCCCCCCCCCCCCCCC[N+](C)(C)CCCC(=O)NCCSSCC.CCCCCCCCCCCCCCCC[N+](C)(C)CCCC(N)=O. The van der Waals surface area contributed by atoms with E-state index in [1.54, 1.807) is 0 Å². The minimum absolute atomic E-state index is 0.170. The van der Waals surface area contributed by atoms with Gasteiger partial charge < -0.3 is 20.0 Å². The molecule has 0 rings (SSSR count). The lowest BCUT2D eigenvalue weighted by molar-refractivity contribution is -0.890. The molecule has 56 heavy (non-hydrogen) atoms. The van der Waals surface area contributed by atoms with Crippen LogP contribution in [-0.4, -0.2) is 93.2 Å². The van der Waals surface area contributed by atoms with Gasteiger partial charge in [0, 0.05) is 43.7 Å². The maximum absolute atomic E-state index is 11.9. The molecular formula is C48H102N4O2S2+2. The number of carbonyl (C=O) groups excluding carboxylic acids is 2. The first-order chi connectivity index (χ1) is 27.0. The Labute approximate surface area is 360 Å². The second kappa shape index (κ2) is 44.1. The summed E-state index contributed by atoms with van der Waals surface area (Å²) in [5, 5.41) is 3.05. The number of hydrogen-bond acceptors (Lipinski definition) is 4. The normalized spacial score (nSPS) is 11.8. The second-order valence-electron chi connectivity index (χ2n) is 18.2. The summed E-state index contributed by atoms with van der Waals surface area (Å²) in [5.74, 6) is 2.19. The van der Waals surface area contributed by atoms with Crippen LogP contribution in [0.4, 0.5) is 0 Å². The van der Waals surface area contributed by atoms with Crippen LogP contribution in [0.3, 0.4) is 0 Å². The molecule has 0 aromatic heterocycles. The molecule has 0 unspecified atom stereocenters. The van der Waals surface area contributed by atoms with E-state index in [1.807, 2.05) is 21.6 Å². The molecule has 0 saturated heterocycles. The van der Waals surface area contributed by atoms with Gasteiger partial charge in [-0.1, -0.05) is 196 Å². The van der Waals surface area contributed by atoms with Crippen LogP contribution in [-0.2, 0) is 9.59 Å². The number of amides is 2. The molecule has 0 aliphatic rings. The molecule has 0 spiro atoms.